The minimum absolute atomic E-state index is 0.190. The number of hydrogen-bond donors (Lipinski definition) is 2. The number of amides is 1. The van der Waals surface area contributed by atoms with E-state index in [0.29, 0.717) is 17.8 Å². The summed E-state index contributed by atoms with van der Waals surface area (Å²) in [5, 5.41) is 3.07. The lowest BCUT2D eigenvalue weighted by Gasteiger charge is -2.26. The number of likely N-dealkylation sites (tertiary alicyclic amines) is 1. The third kappa shape index (κ3) is 6.73. The standard InChI is InChI=1S/C21H26ClN3O3S/c1-29(27,28)24-18-8-9-19(20(22)13-18)21(26)23-14-16-6-5-7-17(12-16)15-25-10-3-2-4-11-25/h5-9,12-13,24H,2-4,10-11,14-15H2,1H3,(H,23,26). The average molecular weight is 436 g/mol. The maximum absolute atomic E-state index is 12.5. The summed E-state index contributed by atoms with van der Waals surface area (Å²) in [5.41, 5.74) is 2.89. The smallest absolute Gasteiger partial charge is 0.253 e. The lowest BCUT2D eigenvalue weighted by molar-refractivity contribution is 0.0951. The molecule has 2 aromatic carbocycles. The van der Waals surface area contributed by atoms with Gasteiger partial charge in [0.05, 0.1) is 16.8 Å². The molecule has 0 atom stereocenters. The predicted molar refractivity (Wildman–Crippen MR) is 117 cm³/mol. The van der Waals surface area contributed by atoms with Gasteiger partial charge in [-0.05, 0) is 55.3 Å². The summed E-state index contributed by atoms with van der Waals surface area (Å²) in [6, 6.07) is 12.7. The number of nitrogens with zero attached hydrogens (tertiary/aromatic N) is 1. The van der Waals surface area contributed by atoms with Gasteiger partial charge in [0.25, 0.3) is 5.91 Å². The fraction of sp³-hybridized carbons (Fsp3) is 0.381. The van der Waals surface area contributed by atoms with Crippen molar-refractivity contribution < 1.29 is 13.2 Å². The highest BCUT2D eigenvalue weighted by molar-refractivity contribution is 7.92. The summed E-state index contributed by atoms with van der Waals surface area (Å²) in [6.07, 6.45) is 4.89. The van der Waals surface area contributed by atoms with E-state index in [4.69, 9.17) is 11.6 Å². The van der Waals surface area contributed by atoms with Crippen molar-refractivity contribution >= 4 is 33.2 Å². The van der Waals surface area contributed by atoms with Gasteiger partial charge in [0.2, 0.25) is 10.0 Å². The summed E-state index contributed by atoms with van der Waals surface area (Å²) in [4.78, 5) is 15.0. The topological polar surface area (TPSA) is 78.5 Å². The van der Waals surface area contributed by atoms with Gasteiger partial charge in [-0.3, -0.25) is 14.4 Å². The second kappa shape index (κ2) is 9.61. The van der Waals surface area contributed by atoms with Crippen molar-refractivity contribution in [3.8, 4) is 0 Å². The van der Waals surface area contributed by atoms with Crippen LogP contribution in [-0.2, 0) is 23.1 Å². The number of nitrogens with one attached hydrogen (secondary N) is 2. The van der Waals surface area contributed by atoms with Gasteiger partial charge >= 0.3 is 0 Å². The Morgan fingerprint density at radius 2 is 1.79 bits per heavy atom. The molecule has 1 heterocycles. The van der Waals surface area contributed by atoms with Crippen molar-refractivity contribution in [2.45, 2.75) is 32.4 Å². The number of rotatable bonds is 7. The zero-order valence-corrected chi connectivity index (χ0v) is 18.0. The minimum Gasteiger partial charge on any atom is -0.348 e. The van der Waals surface area contributed by atoms with Gasteiger partial charge in [-0.15, -0.1) is 0 Å². The number of hydrogen-bond acceptors (Lipinski definition) is 4. The highest BCUT2D eigenvalue weighted by atomic mass is 35.5. The minimum atomic E-state index is -3.40. The molecular weight excluding hydrogens is 410 g/mol. The Balaban J connectivity index is 1.59. The van der Waals surface area contributed by atoms with Crippen LogP contribution in [0.25, 0.3) is 0 Å². The molecule has 0 spiro atoms. The lowest BCUT2D eigenvalue weighted by Crippen LogP contribution is -2.29. The monoisotopic (exact) mass is 435 g/mol. The predicted octanol–water partition coefficient (Wildman–Crippen LogP) is 3.63. The Bertz CT molecular complexity index is 973. The molecule has 0 saturated carbocycles. The summed E-state index contributed by atoms with van der Waals surface area (Å²) in [6.45, 7) is 3.61. The molecule has 29 heavy (non-hydrogen) atoms. The molecule has 2 aromatic rings. The molecule has 3 rings (SSSR count). The summed E-state index contributed by atoms with van der Waals surface area (Å²) < 4.78 is 25.0. The van der Waals surface area contributed by atoms with E-state index < -0.39 is 10.0 Å². The largest absolute Gasteiger partial charge is 0.348 e. The van der Waals surface area contributed by atoms with E-state index in [0.717, 1.165) is 31.5 Å². The molecule has 1 saturated heterocycles. The summed E-state index contributed by atoms with van der Waals surface area (Å²) >= 11 is 6.17. The van der Waals surface area contributed by atoms with E-state index in [9.17, 15) is 13.2 Å². The third-order valence-electron chi connectivity index (χ3n) is 4.82. The number of carbonyl (C=O) groups is 1. The van der Waals surface area contributed by atoms with Crippen molar-refractivity contribution in [3.63, 3.8) is 0 Å². The fourth-order valence-electron chi connectivity index (χ4n) is 3.47. The highest BCUT2D eigenvalue weighted by Crippen LogP contribution is 2.22. The second-order valence-corrected chi connectivity index (χ2v) is 9.56. The Kier molecular flexibility index (Phi) is 7.16. The lowest BCUT2D eigenvalue weighted by atomic mass is 10.1. The molecule has 0 radical (unpaired) electrons. The first-order valence-corrected chi connectivity index (χ1v) is 11.9. The SMILES string of the molecule is CS(=O)(=O)Nc1ccc(C(=O)NCc2cccc(CN3CCCCC3)c2)c(Cl)c1. The zero-order valence-electron chi connectivity index (χ0n) is 16.4. The molecule has 2 N–H and O–H groups in total. The van der Waals surface area contributed by atoms with Crippen LogP contribution in [0.4, 0.5) is 5.69 Å². The van der Waals surface area contributed by atoms with Gasteiger partial charge in [0.1, 0.15) is 0 Å². The van der Waals surface area contributed by atoms with Crippen LogP contribution in [0.2, 0.25) is 5.02 Å². The first-order valence-electron chi connectivity index (χ1n) is 9.66. The zero-order chi connectivity index (χ0) is 20.9. The van der Waals surface area contributed by atoms with Crippen LogP contribution >= 0.6 is 11.6 Å². The molecule has 1 aliphatic heterocycles. The van der Waals surface area contributed by atoms with Crippen LogP contribution in [0, 0.1) is 0 Å². The summed E-state index contributed by atoms with van der Waals surface area (Å²) in [5.74, 6) is -0.303. The normalized spacial score (nSPS) is 15.1. The number of benzene rings is 2. The Morgan fingerprint density at radius 3 is 2.48 bits per heavy atom. The van der Waals surface area contributed by atoms with E-state index >= 15 is 0 Å². The van der Waals surface area contributed by atoms with Crippen LogP contribution in [0.3, 0.4) is 0 Å². The highest BCUT2D eigenvalue weighted by Gasteiger charge is 2.13. The Hall–Kier alpha value is -2.09. The number of piperidine rings is 1. The van der Waals surface area contributed by atoms with Gasteiger partial charge in [0, 0.05) is 18.8 Å². The van der Waals surface area contributed by atoms with Crippen LogP contribution in [0.1, 0.15) is 40.7 Å². The van der Waals surface area contributed by atoms with Crippen LogP contribution in [-0.4, -0.2) is 38.6 Å². The van der Waals surface area contributed by atoms with E-state index in [1.807, 2.05) is 12.1 Å². The number of anilines is 1. The van der Waals surface area contributed by atoms with Gasteiger partial charge in [-0.25, -0.2) is 8.42 Å². The average Bonchev–Trinajstić information content (AvgIpc) is 2.66. The fourth-order valence-corrected chi connectivity index (χ4v) is 4.29. The van der Waals surface area contributed by atoms with Crippen molar-refractivity contribution in [1.82, 2.24) is 10.2 Å². The second-order valence-electron chi connectivity index (χ2n) is 7.41. The van der Waals surface area contributed by atoms with E-state index in [1.165, 1.54) is 43.0 Å². The molecule has 1 aliphatic rings. The van der Waals surface area contributed by atoms with Crippen molar-refractivity contribution in [2.24, 2.45) is 0 Å². The maximum atomic E-state index is 12.5. The summed E-state index contributed by atoms with van der Waals surface area (Å²) in [7, 11) is -3.40. The molecular formula is C21H26ClN3O3S. The van der Waals surface area contributed by atoms with Gasteiger partial charge in [0.15, 0.2) is 0 Å². The van der Waals surface area contributed by atoms with E-state index in [-0.39, 0.29) is 10.9 Å². The third-order valence-corrected chi connectivity index (χ3v) is 5.74. The molecule has 6 nitrogen and oxygen atoms in total. The maximum Gasteiger partial charge on any atom is 0.253 e. The van der Waals surface area contributed by atoms with Crippen molar-refractivity contribution in [1.29, 1.82) is 0 Å². The van der Waals surface area contributed by atoms with Crippen molar-refractivity contribution in [3.05, 3.63) is 64.2 Å². The van der Waals surface area contributed by atoms with Crippen molar-refractivity contribution in [2.75, 3.05) is 24.1 Å². The molecule has 0 aliphatic carbocycles. The van der Waals surface area contributed by atoms with Crippen LogP contribution < -0.4 is 10.0 Å². The number of halogens is 1. The number of sulfonamides is 1. The molecule has 1 fully saturated rings. The molecule has 0 aromatic heterocycles. The van der Waals surface area contributed by atoms with Crippen LogP contribution in [0.5, 0.6) is 0 Å². The molecule has 156 valence electrons. The molecule has 1 amide bonds. The van der Waals surface area contributed by atoms with Gasteiger partial charge < -0.3 is 5.32 Å². The molecule has 0 unspecified atom stereocenters. The number of carbonyl (C=O) groups excluding carboxylic acids is 1. The van der Waals surface area contributed by atoms with Crippen LogP contribution in [0.15, 0.2) is 42.5 Å². The molecule has 0 bridgehead atoms. The Morgan fingerprint density at radius 1 is 1.07 bits per heavy atom. The quantitative estimate of drug-likeness (QED) is 0.696. The first kappa shape index (κ1) is 21.6. The van der Waals surface area contributed by atoms with E-state index in [1.54, 1.807) is 0 Å². The van der Waals surface area contributed by atoms with E-state index in [2.05, 4.69) is 27.1 Å². The molecule has 8 heteroatoms. The first-order chi connectivity index (χ1) is 13.8. The Labute approximate surface area is 177 Å². The van der Waals surface area contributed by atoms with Gasteiger partial charge in [-0.2, -0.15) is 0 Å². The van der Waals surface area contributed by atoms with Gasteiger partial charge in [-0.1, -0.05) is 42.3 Å².